The number of benzene rings is 2. The van der Waals surface area contributed by atoms with Gasteiger partial charge in [0.25, 0.3) is 5.91 Å². The molecule has 0 saturated carbocycles. The molecule has 2 aromatic rings. The Labute approximate surface area is 187 Å². The summed E-state index contributed by atoms with van der Waals surface area (Å²) < 4.78 is 16.3. The van der Waals surface area contributed by atoms with E-state index in [0.29, 0.717) is 12.3 Å². The van der Waals surface area contributed by atoms with Gasteiger partial charge in [0.15, 0.2) is 11.5 Å². The highest BCUT2D eigenvalue weighted by Crippen LogP contribution is 2.33. The van der Waals surface area contributed by atoms with E-state index in [1.807, 2.05) is 19.1 Å². The molecule has 32 heavy (non-hydrogen) atoms. The standard InChI is InChI=1S/C24H27N3O5/c1-2-30-19-6-4-18(5-7-19)27-23(28)14-20(24(27)29)26-11-9-25(10-12-26)15-17-3-8-21-22(13-17)32-16-31-21/h3-8,13,20H,2,9-12,14-16H2,1H3. The van der Waals surface area contributed by atoms with Crippen molar-refractivity contribution in [2.24, 2.45) is 0 Å². The number of carbonyl (C=O) groups excluding carboxylic acids is 2. The van der Waals surface area contributed by atoms with Gasteiger partial charge in [-0.25, -0.2) is 4.90 Å². The summed E-state index contributed by atoms with van der Waals surface area (Å²) in [6, 6.07) is 12.8. The molecule has 2 fully saturated rings. The van der Waals surface area contributed by atoms with Crippen molar-refractivity contribution in [2.45, 2.75) is 25.9 Å². The molecule has 2 aromatic carbocycles. The molecule has 0 aromatic heterocycles. The molecule has 0 aliphatic carbocycles. The van der Waals surface area contributed by atoms with Gasteiger partial charge in [-0.3, -0.25) is 19.4 Å². The van der Waals surface area contributed by atoms with Crippen LogP contribution in [0, 0.1) is 0 Å². The monoisotopic (exact) mass is 437 g/mol. The number of imide groups is 1. The molecule has 3 aliphatic heterocycles. The molecule has 2 amide bonds. The van der Waals surface area contributed by atoms with Crippen molar-refractivity contribution in [1.29, 1.82) is 0 Å². The first-order chi connectivity index (χ1) is 15.6. The number of carbonyl (C=O) groups is 2. The number of amides is 2. The summed E-state index contributed by atoms with van der Waals surface area (Å²) in [7, 11) is 0. The van der Waals surface area contributed by atoms with Gasteiger partial charge in [0.1, 0.15) is 5.75 Å². The van der Waals surface area contributed by atoms with E-state index in [0.717, 1.165) is 50.0 Å². The second-order valence-electron chi connectivity index (χ2n) is 8.21. The van der Waals surface area contributed by atoms with Gasteiger partial charge in [0.05, 0.1) is 24.8 Å². The third-order valence-corrected chi connectivity index (χ3v) is 6.22. The lowest BCUT2D eigenvalue weighted by Crippen LogP contribution is -2.52. The maximum atomic E-state index is 13.1. The van der Waals surface area contributed by atoms with E-state index >= 15 is 0 Å². The predicted octanol–water partition coefficient (Wildman–Crippen LogP) is 2.26. The van der Waals surface area contributed by atoms with Gasteiger partial charge >= 0.3 is 0 Å². The molecule has 1 unspecified atom stereocenters. The summed E-state index contributed by atoms with van der Waals surface area (Å²) in [6.07, 6.45) is 0.230. The minimum absolute atomic E-state index is 0.136. The minimum Gasteiger partial charge on any atom is -0.494 e. The van der Waals surface area contributed by atoms with Crippen LogP contribution in [0.1, 0.15) is 18.9 Å². The van der Waals surface area contributed by atoms with Crippen molar-refractivity contribution < 1.29 is 23.8 Å². The van der Waals surface area contributed by atoms with Gasteiger partial charge in [-0.05, 0) is 48.9 Å². The summed E-state index contributed by atoms with van der Waals surface area (Å²) in [5.74, 6) is 2.03. The van der Waals surface area contributed by atoms with Crippen LogP contribution in [-0.4, -0.2) is 67.2 Å². The number of hydrogen-bond donors (Lipinski definition) is 0. The molecule has 8 heteroatoms. The predicted molar refractivity (Wildman–Crippen MR) is 118 cm³/mol. The third-order valence-electron chi connectivity index (χ3n) is 6.22. The average molecular weight is 437 g/mol. The van der Waals surface area contributed by atoms with Crippen LogP contribution in [-0.2, 0) is 16.1 Å². The Morgan fingerprint density at radius 3 is 2.47 bits per heavy atom. The first-order valence-electron chi connectivity index (χ1n) is 11.1. The quantitative estimate of drug-likeness (QED) is 0.642. The number of fused-ring (bicyclic) bond motifs is 1. The van der Waals surface area contributed by atoms with Gasteiger partial charge in [0, 0.05) is 32.7 Å². The van der Waals surface area contributed by atoms with Crippen molar-refractivity contribution in [3.05, 3.63) is 48.0 Å². The molecule has 168 valence electrons. The van der Waals surface area contributed by atoms with Gasteiger partial charge in [-0.15, -0.1) is 0 Å². The van der Waals surface area contributed by atoms with Crippen molar-refractivity contribution in [3.8, 4) is 17.2 Å². The van der Waals surface area contributed by atoms with Gasteiger partial charge in [0.2, 0.25) is 12.7 Å². The Morgan fingerprint density at radius 2 is 1.72 bits per heavy atom. The fourth-order valence-electron chi connectivity index (χ4n) is 4.56. The highest BCUT2D eigenvalue weighted by molar-refractivity contribution is 6.22. The zero-order valence-electron chi connectivity index (χ0n) is 18.2. The number of ether oxygens (including phenoxy) is 3. The number of anilines is 1. The smallest absolute Gasteiger partial charge is 0.251 e. The minimum atomic E-state index is -0.387. The van der Waals surface area contributed by atoms with Crippen LogP contribution in [0.2, 0.25) is 0 Å². The second kappa shape index (κ2) is 8.80. The zero-order valence-corrected chi connectivity index (χ0v) is 18.2. The maximum Gasteiger partial charge on any atom is 0.251 e. The summed E-state index contributed by atoms with van der Waals surface area (Å²) in [4.78, 5) is 31.6. The largest absolute Gasteiger partial charge is 0.494 e. The fourth-order valence-corrected chi connectivity index (χ4v) is 4.56. The Morgan fingerprint density at radius 1 is 0.969 bits per heavy atom. The summed E-state index contributed by atoms with van der Waals surface area (Å²) in [5, 5.41) is 0. The van der Waals surface area contributed by atoms with Crippen LogP contribution < -0.4 is 19.1 Å². The molecule has 5 rings (SSSR count). The number of piperazine rings is 1. The van der Waals surface area contributed by atoms with E-state index in [1.54, 1.807) is 24.3 Å². The van der Waals surface area contributed by atoms with E-state index in [2.05, 4.69) is 15.9 Å². The molecule has 1 atom stereocenters. The lowest BCUT2D eigenvalue weighted by Gasteiger charge is -2.37. The van der Waals surface area contributed by atoms with E-state index in [-0.39, 0.29) is 31.1 Å². The van der Waals surface area contributed by atoms with Crippen molar-refractivity contribution >= 4 is 17.5 Å². The highest BCUT2D eigenvalue weighted by Gasteiger charge is 2.43. The van der Waals surface area contributed by atoms with Crippen molar-refractivity contribution in [2.75, 3.05) is 44.5 Å². The maximum absolute atomic E-state index is 13.1. The van der Waals surface area contributed by atoms with E-state index in [4.69, 9.17) is 14.2 Å². The van der Waals surface area contributed by atoms with E-state index in [9.17, 15) is 9.59 Å². The third kappa shape index (κ3) is 4.03. The van der Waals surface area contributed by atoms with Gasteiger partial charge in [-0.2, -0.15) is 0 Å². The molecule has 2 saturated heterocycles. The normalized spacial score (nSPS) is 21.4. The topological polar surface area (TPSA) is 71.6 Å². The molecule has 3 heterocycles. The van der Waals surface area contributed by atoms with Gasteiger partial charge < -0.3 is 14.2 Å². The summed E-state index contributed by atoms with van der Waals surface area (Å²) in [5.41, 5.74) is 1.78. The average Bonchev–Trinajstić information content (AvgIpc) is 3.39. The lowest BCUT2D eigenvalue weighted by atomic mass is 10.1. The molecule has 0 bridgehead atoms. The molecule has 0 radical (unpaired) electrons. The molecular formula is C24H27N3O5. The summed E-state index contributed by atoms with van der Waals surface area (Å²) in [6.45, 7) is 6.78. The highest BCUT2D eigenvalue weighted by atomic mass is 16.7. The van der Waals surface area contributed by atoms with Crippen molar-refractivity contribution in [3.63, 3.8) is 0 Å². The van der Waals surface area contributed by atoms with Crippen LogP contribution in [0.15, 0.2) is 42.5 Å². The molecule has 0 spiro atoms. The zero-order chi connectivity index (χ0) is 22.1. The number of hydrogen-bond acceptors (Lipinski definition) is 7. The van der Waals surface area contributed by atoms with Crippen molar-refractivity contribution in [1.82, 2.24) is 9.80 Å². The second-order valence-corrected chi connectivity index (χ2v) is 8.21. The Bertz CT molecular complexity index is 1000. The van der Waals surface area contributed by atoms with E-state index < -0.39 is 0 Å². The fraction of sp³-hybridized carbons (Fsp3) is 0.417. The van der Waals surface area contributed by atoms with Gasteiger partial charge in [-0.1, -0.05) is 6.07 Å². The molecule has 0 N–H and O–H groups in total. The Hall–Kier alpha value is -3.10. The summed E-state index contributed by atoms with van der Waals surface area (Å²) >= 11 is 0. The Kier molecular flexibility index (Phi) is 5.71. The molecule has 3 aliphatic rings. The lowest BCUT2D eigenvalue weighted by molar-refractivity contribution is -0.123. The van der Waals surface area contributed by atoms with Crippen LogP contribution in [0.4, 0.5) is 5.69 Å². The van der Waals surface area contributed by atoms with Crippen LogP contribution in [0.5, 0.6) is 17.2 Å². The first kappa shape index (κ1) is 20.8. The van der Waals surface area contributed by atoms with Crippen LogP contribution in [0.25, 0.3) is 0 Å². The van der Waals surface area contributed by atoms with Crippen LogP contribution in [0.3, 0.4) is 0 Å². The molecule has 8 nitrogen and oxygen atoms in total. The van der Waals surface area contributed by atoms with Crippen LogP contribution >= 0.6 is 0 Å². The number of rotatable bonds is 6. The SMILES string of the molecule is CCOc1ccc(N2C(=O)CC(N3CCN(Cc4ccc5c(c4)OCO5)CC3)C2=O)cc1. The molecular weight excluding hydrogens is 410 g/mol. The first-order valence-corrected chi connectivity index (χ1v) is 11.1. The Balaban J connectivity index is 1.18. The van der Waals surface area contributed by atoms with E-state index in [1.165, 1.54) is 10.5 Å². The number of nitrogens with zero attached hydrogens (tertiary/aromatic N) is 3.